The average molecular weight is 537 g/mol. The van der Waals surface area contributed by atoms with Gasteiger partial charge in [-0.3, -0.25) is 9.59 Å². The van der Waals surface area contributed by atoms with Crippen molar-refractivity contribution in [3.05, 3.63) is 32.1 Å². The number of hydrogen-bond acceptors (Lipinski definition) is 9. The van der Waals surface area contributed by atoms with Crippen molar-refractivity contribution in [1.82, 2.24) is 4.98 Å². The highest BCUT2D eigenvalue weighted by molar-refractivity contribution is 7.09. The molecule has 0 radical (unpaired) electrons. The quantitative estimate of drug-likeness (QED) is 0.223. The first-order chi connectivity index (χ1) is 17.3. The summed E-state index contributed by atoms with van der Waals surface area (Å²) in [5.74, 6) is -2.08. The summed E-state index contributed by atoms with van der Waals surface area (Å²) in [6.45, 7) is 10.2. The molecule has 0 bridgehead atoms. The topological polar surface area (TPSA) is 166 Å². The van der Waals surface area contributed by atoms with E-state index in [0.29, 0.717) is 30.5 Å². The average Bonchev–Trinajstić information content (AvgIpc) is 3.24. The molecule has 0 unspecified atom stereocenters. The molecule has 0 aromatic carbocycles. The van der Waals surface area contributed by atoms with Gasteiger partial charge in [0.15, 0.2) is 0 Å². The number of ketones is 1. The van der Waals surface area contributed by atoms with Crippen molar-refractivity contribution in [3.63, 3.8) is 0 Å². The molecular formula is C26H40N4O6S. The number of aromatic nitrogens is 1. The van der Waals surface area contributed by atoms with E-state index >= 15 is 0 Å². The van der Waals surface area contributed by atoms with Gasteiger partial charge in [-0.1, -0.05) is 39.2 Å². The molecule has 1 aliphatic heterocycles. The van der Waals surface area contributed by atoms with Gasteiger partial charge in [0, 0.05) is 22.6 Å². The summed E-state index contributed by atoms with van der Waals surface area (Å²) < 4.78 is 5.71. The molecule has 1 fully saturated rings. The lowest BCUT2D eigenvalue weighted by Crippen LogP contribution is -2.46. The van der Waals surface area contributed by atoms with E-state index in [0.717, 1.165) is 5.01 Å². The lowest BCUT2D eigenvalue weighted by atomic mass is 9.73. The van der Waals surface area contributed by atoms with Gasteiger partial charge in [-0.25, -0.2) is 4.98 Å². The Morgan fingerprint density at radius 3 is 2.54 bits per heavy atom. The fraction of sp³-hybridized carbons (Fsp3) is 0.731. The van der Waals surface area contributed by atoms with Gasteiger partial charge in [0.25, 0.3) is 0 Å². The summed E-state index contributed by atoms with van der Waals surface area (Å²) in [5.41, 5.74) is 9.10. The molecule has 2 heterocycles. The van der Waals surface area contributed by atoms with Crippen molar-refractivity contribution < 1.29 is 29.6 Å². The number of carbonyl (C=O) groups excluding carboxylic acids is 2. The van der Waals surface area contributed by atoms with Gasteiger partial charge in [-0.15, -0.1) is 11.3 Å². The van der Waals surface area contributed by atoms with Crippen molar-refractivity contribution in [1.29, 1.82) is 0 Å². The number of nitrogens with zero attached hydrogens (tertiary/aromatic N) is 4. The van der Waals surface area contributed by atoms with Crippen molar-refractivity contribution in [2.75, 3.05) is 0 Å². The first-order valence-corrected chi connectivity index (χ1v) is 13.6. The lowest BCUT2D eigenvalue weighted by Gasteiger charge is -2.35. The molecule has 206 valence electrons. The molecule has 0 spiro atoms. The summed E-state index contributed by atoms with van der Waals surface area (Å²) in [5, 5.41) is 39.1. The van der Waals surface area contributed by atoms with E-state index in [9.17, 15) is 24.9 Å². The zero-order valence-electron chi connectivity index (χ0n) is 22.5. The monoisotopic (exact) mass is 536 g/mol. The fourth-order valence-electron chi connectivity index (χ4n) is 4.71. The van der Waals surface area contributed by atoms with Crippen molar-refractivity contribution in [3.8, 4) is 0 Å². The number of thiazole rings is 1. The van der Waals surface area contributed by atoms with E-state index in [-0.39, 0.29) is 18.1 Å². The number of azide groups is 1. The number of hydrogen-bond donors (Lipinski definition) is 3. The molecule has 7 atom stereocenters. The van der Waals surface area contributed by atoms with E-state index in [2.05, 4.69) is 15.0 Å². The summed E-state index contributed by atoms with van der Waals surface area (Å²) in [6, 6.07) is -0.763. The Morgan fingerprint density at radius 2 is 1.95 bits per heavy atom. The third-order valence-electron chi connectivity index (χ3n) is 7.39. The summed E-state index contributed by atoms with van der Waals surface area (Å²) in [7, 11) is 0. The van der Waals surface area contributed by atoms with Crippen molar-refractivity contribution >= 4 is 29.2 Å². The van der Waals surface area contributed by atoms with Crippen LogP contribution in [0.4, 0.5) is 0 Å². The Labute approximate surface area is 222 Å². The molecule has 1 aromatic heterocycles. The molecule has 1 aliphatic rings. The number of esters is 1. The molecule has 11 heteroatoms. The molecule has 37 heavy (non-hydrogen) atoms. The van der Waals surface area contributed by atoms with Gasteiger partial charge in [-0.05, 0) is 49.8 Å². The van der Waals surface area contributed by atoms with Crippen LogP contribution in [0.1, 0.15) is 77.4 Å². The molecule has 10 nitrogen and oxygen atoms in total. The second-order valence-corrected chi connectivity index (χ2v) is 11.8. The van der Waals surface area contributed by atoms with Crippen LogP contribution in [0.5, 0.6) is 0 Å². The minimum atomic E-state index is -1.34. The number of aliphatic hydroxyl groups is 3. The van der Waals surface area contributed by atoms with Crippen LogP contribution in [0.3, 0.4) is 0 Å². The first-order valence-electron chi connectivity index (χ1n) is 12.7. The minimum Gasteiger partial charge on any atom is -0.458 e. The Hall–Kier alpha value is -2.30. The van der Waals surface area contributed by atoms with Crippen LogP contribution in [0.15, 0.2) is 16.1 Å². The first kappa shape index (κ1) is 30.9. The zero-order chi connectivity index (χ0) is 27.9. The van der Waals surface area contributed by atoms with Crippen molar-refractivity contribution in [2.45, 2.75) is 104 Å². The second-order valence-electron chi connectivity index (χ2n) is 10.7. The van der Waals surface area contributed by atoms with Gasteiger partial charge < -0.3 is 20.1 Å². The molecular weight excluding hydrogens is 496 g/mol. The molecule has 1 aromatic rings. The van der Waals surface area contributed by atoms with Crippen LogP contribution in [0.25, 0.3) is 16.5 Å². The van der Waals surface area contributed by atoms with E-state index in [1.54, 1.807) is 33.8 Å². The van der Waals surface area contributed by atoms with Gasteiger partial charge in [0.05, 0.1) is 46.9 Å². The maximum atomic E-state index is 13.2. The number of carbonyl (C=O) groups is 2. The third kappa shape index (κ3) is 8.35. The maximum absolute atomic E-state index is 13.2. The maximum Gasteiger partial charge on any atom is 0.309 e. The van der Waals surface area contributed by atoms with E-state index in [1.165, 1.54) is 11.3 Å². The predicted molar refractivity (Wildman–Crippen MR) is 142 cm³/mol. The lowest BCUT2D eigenvalue weighted by molar-refractivity contribution is -0.155. The number of ether oxygens (including phenoxy) is 1. The van der Waals surface area contributed by atoms with Crippen molar-refractivity contribution in [2.24, 2.45) is 22.4 Å². The number of Topliss-reactive ketones (excluding diaryl/α,β-unsaturated/α-hetero) is 1. The smallest absolute Gasteiger partial charge is 0.309 e. The number of rotatable bonds is 3. The number of aliphatic hydroxyl groups excluding tert-OH is 3. The molecule has 0 saturated carbocycles. The van der Waals surface area contributed by atoms with E-state index in [4.69, 9.17) is 10.3 Å². The Balaban J connectivity index is 2.41. The Kier molecular flexibility index (Phi) is 11.3. The molecule has 2 rings (SSSR count). The van der Waals surface area contributed by atoms with Crippen LogP contribution < -0.4 is 0 Å². The normalized spacial score (nSPS) is 32.9. The summed E-state index contributed by atoms with van der Waals surface area (Å²) in [6.07, 6.45) is -1.47. The second kappa shape index (κ2) is 13.5. The SMILES string of the molecule is C/C(=C\c1csc(C)n1)[C@@H]1C[C@H](O)[C@@H](N=[N+]=[N-])CCC[C@H](C)[C@H](O)[C@@H](C)C(=O)C(C)(C)[C@@H](O)CC(=O)O1. The van der Waals surface area contributed by atoms with Crippen LogP contribution in [0, 0.1) is 24.2 Å². The molecule has 0 aliphatic carbocycles. The van der Waals surface area contributed by atoms with Crippen LogP contribution in [-0.4, -0.2) is 62.5 Å². The highest BCUT2D eigenvalue weighted by Gasteiger charge is 2.42. The van der Waals surface area contributed by atoms with Gasteiger partial charge in [0.2, 0.25) is 0 Å². The molecule has 1 saturated heterocycles. The predicted octanol–water partition coefficient (Wildman–Crippen LogP) is 4.36. The van der Waals surface area contributed by atoms with Crippen LogP contribution >= 0.6 is 11.3 Å². The van der Waals surface area contributed by atoms with E-state index in [1.807, 2.05) is 19.2 Å². The Bertz CT molecular complexity index is 1020. The minimum absolute atomic E-state index is 0.0193. The highest BCUT2D eigenvalue weighted by Crippen LogP contribution is 2.33. The summed E-state index contributed by atoms with van der Waals surface area (Å²) >= 11 is 1.48. The number of cyclic esters (lactones) is 1. The standard InChI is InChI=1S/C26H40N4O6S/c1-14-8-7-9-19(29-30-27)20(31)11-21(15(2)10-18-13-37-17(4)28-18)36-23(33)12-22(32)26(5,6)25(35)16(3)24(14)34/h10,13-14,16,19-22,24,31-32,34H,7-9,11-12H2,1-6H3/b15-10+/t14-,16+,19-,20-,21-,22-,24-/m0/s1. The van der Waals surface area contributed by atoms with Crippen LogP contribution in [0.2, 0.25) is 0 Å². The van der Waals surface area contributed by atoms with Crippen LogP contribution in [-0.2, 0) is 14.3 Å². The molecule has 3 N–H and O–H groups in total. The summed E-state index contributed by atoms with van der Waals surface area (Å²) in [4.78, 5) is 33.4. The third-order valence-corrected chi connectivity index (χ3v) is 8.18. The zero-order valence-corrected chi connectivity index (χ0v) is 23.3. The van der Waals surface area contributed by atoms with Gasteiger partial charge >= 0.3 is 5.97 Å². The fourth-order valence-corrected chi connectivity index (χ4v) is 5.28. The van der Waals surface area contributed by atoms with Gasteiger partial charge in [-0.2, -0.15) is 0 Å². The largest absolute Gasteiger partial charge is 0.458 e. The highest BCUT2D eigenvalue weighted by atomic mass is 32.1. The van der Waals surface area contributed by atoms with Gasteiger partial charge in [0.1, 0.15) is 11.9 Å². The van der Waals surface area contributed by atoms with E-state index < -0.39 is 54.2 Å². The number of aryl methyl sites for hydroxylation is 1. The Morgan fingerprint density at radius 1 is 1.27 bits per heavy atom. The molecule has 0 amide bonds.